The lowest BCUT2D eigenvalue weighted by molar-refractivity contribution is 0.0435. The Morgan fingerprint density at radius 1 is 0.957 bits per heavy atom. The molecule has 2 atom stereocenters. The van der Waals surface area contributed by atoms with Gasteiger partial charge >= 0.3 is 6.03 Å². The van der Waals surface area contributed by atoms with E-state index in [-0.39, 0.29) is 6.03 Å². The first-order chi connectivity index (χ1) is 11.3. The summed E-state index contributed by atoms with van der Waals surface area (Å²) in [6, 6.07) is 20.7. The van der Waals surface area contributed by atoms with Crippen molar-refractivity contribution in [2.75, 3.05) is 25.0 Å². The lowest BCUT2D eigenvalue weighted by Crippen LogP contribution is -2.54. The van der Waals surface area contributed by atoms with Gasteiger partial charge in [-0.2, -0.15) is 0 Å². The van der Waals surface area contributed by atoms with Gasteiger partial charge in [0.25, 0.3) is 0 Å². The molecule has 2 aliphatic rings. The highest BCUT2D eigenvalue weighted by Gasteiger charge is 2.46. The summed E-state index contributed by atoms with van der Waals surface area (Å²) in [4.78, 5) is 16.8. The average Bonchev–Trinajstić information content (AvgIpc) is 2.92. The molecule has 0 aromatic heterocycles. The highest BCUT2D eigenvalue weighted by atomic mass is 16.2. The molecule has 0 radical (unpaired) electrons. The van der Waals surface area contributed by atoms with Crippen molar-refractivity contribution in [1.29, 1.82) is 0 Å². The van der Waals surface area contributed by atoms with Crippen molar-refractivity contribution >= 4 is 11.7 Å². The molecule has 2 heterocycles. The lowest BCUT2D eigenvalue weighted by atomic mass is 9.91. The Hall–Kier alpha value is -2.33. The van der Waals surface area contributed by atoms with Gasteiger partial charge in [-0.05, 0) is 17.7 Å². The van der Waals surface area contributed by atoms with Gasteiger partial charge < -0.3 is 10.2 Å². The molecule has 4 heteroatoms. The molecule has 2 aromatic carbocycles. The highest BCUT2D eigenvalue weighted by Crippen LogP contribution is 2.33. The number of benzene rings is 2. The fourth-order valence-electron chi connectivity index (χ4n) is 3.64. The molecule has 0 saturated carbocycles. The molecule has 2 amide bonds. The molecule has 23 heavy (non-hydrogen) atoms. The number of hydrogen-bond acceptors (Lipinski definition) is 2. The van der Waals surface area contributed by atoms with Crippen molar-refractivity contribution in [3.05, 3.63) is 66.2 Å². The second-order valence-corrected chi connectivity index (χ2v) is 6.44. The number of hydrogen-bond donors (Lipinski definition) is 1. The fraction of sp³-hybridized carbons (Fsp3) is 0.316. The van der Waals surface area contributed by atoms with Gasteiger partial charge in [-0.25, -0.2) is 4.79 Å². The lowest BCUT2D eigenvalue weighted by Gasteiger charge is -2.43. The Morgan fingerprint density at radius 3 is 2.39 bits per heavy atom. The van der Waals surface area contributed by atoms with Crippen LogP contribution < -0.4 is 5.32 Å². The predicted molar refractivity (Wildman–Crippen MR) is 91.2 cm³/mol. The molecule has 118 valence electrons. The summed E-state index contributed by atoms with van der Waals surface area (Å²) < 4.78 is 0. The van der Waals surface area contributed by atoms with Crippen LogP contribution in [0.15, 0.2) is 60.7 Å². The van der Waals surface area contributed by atoms with Crippen molar-refractivity contribution in [2.24, 2.45) is 5.92 Å². The molecule has 0 unspecified atom stereocenters. The maximum atomic E-state index is 12.4. The van der Waals surface area contributed by atoms with Crippen LogP contribution in [0.25, 0.3) is 0 Å². The largest absolute Gasteiger partial charge is 0.323 e. The number of urea groups is 1. The van der Waals surface area contributed by atoms with Gasteiger partial charge in [-0.3, -0.25) is 4.90 Å². The minimum Gasteiger partial charge on any atom is -0.323 e. The summed E-state index contributed by atoms with van der Waals surface area (Å²) >= 11 is 0. The van der Waals surface area contributed by atoms with E-state index in [0.29, 0.717) is 12.0 Å². The summed E-state index contributed by atoms with van der Waals surface area (Å²) in [5, 5.41) is 2.99. The number of nitrogens with zero attached hydrogens (tertiary/aromatic N) is 2. The first-order valence-electron chi connectivity index (χ1n) is 8.18. The van der Waals surface area contributed by atoms with Gasteiger partial charge in [0.1, 0.15) is 0 Å². The number of anilines is 1. The fourth-order valence-corrected chi connectivity index (χ4v) is 3.64. The van der Waals surface area contributed by atoms with Gasteiger partial charge in [0.2, 0.25) is 0 Å². The highest BCUT2D eigenvalue weighted by molar-refractivity contribution is 5.89. The number of carbonyl (C=O) groups excluding carboxylic acids is 1. The smallest absolute Gasteiger partial charge is 0.321 e. The Labute approximate surface area is 136 Å². The molecule has 0 aliphatic carbocycles. The van der Waals surface area contributed by atoms with Gasteiger partial charge in [0.15, 0.2) is 0 Å². The van der Waals surface area contributed by atoms with E-state index in [1.54, 1.807) is 0 Å². The Kier molecular flexibility index (Phi) is 3.75. The zero-order valence-electron chi connectivity index (χ0n) is 13.1. The van der Waals surface area contributed by atoms with Crippen LogP contribution in [0, 0.1) is 5.92 Å². The van der Waals surface area contributed by atoms with Crippen molar-refractivity contribution in [1.82, 2.24) is 9.80 Å². The van der Waals surface area contributed by atoms with Crippen LogP contribution in [0.2, 0.25) is 0 Å². The van der Waals surface area contributed by atoms with Crippen molar-refractivity contribution < 1.29 is 4.79 Å². The van der Waals surface area contributed by atoms with Crippen LogP contribution in [0.5, 0.6) is 0 Å². The minimum atomic E-state index is 0.0188. The SMILES string of the molecule is O=C(Nc1ccccc1)N1C[C@@H]2CN(Cc3ccccc3)[C@@H]2C1. The van der Waals surface area contributed by atoms with Crippen LogP contribution in [-0.2, 0) is 6.54 Å². The van der Waals surface area contributed by atoms with E-state index in [2.05, 4.69) is 34.5 Å². The van der Waals surface area contributed by atoms with Gasteiger partial charge in [0.05, 0.1) is 0 Å². The average molecular weight is 307 g/mol. The van der Waals surface area contributed by atoms with Gasteiger partial charge in [-0.1, -0.05) is 48.5 Å². The molecule has 4 nitrogen and oxygen atoms in total. The molecule has 2 aromatic rings. The van der Waals surface area contributed by atoms with E-state index >= 15 is 0 Å². The normalized spacial score (nSPS) is 23.2. The standard InChI is InChI=1S/C19H21N3O/c23-19(20-17-9-5-2-6-10-17)22-13-16-12-21(18(16)14-22)11-15-7-3-1-4-8-15/h1-10,16,18H,11-14H2,(H,20,23)/t16-,18+/m0/s1. The molecule has 2 aliphatic heterocycles. The molecular formula is C19H21N3O. The van der Waals surface area contributed by atoms with E-state index in [4.69, 9.17) is 0 Å². The first kappa shape index (κ1) is 14.3. The summed E-state index contributed by atoms with van der Waals surface area (Å²) in [6.45, 7) is 3.77. The van der Waals surface area contributed by atoms with Gasteiger partial charge in [0, 0.05) is 43.8 Å². The van der Waals surface area contributed by atoms with Crippen molar-refractivity contribution in [3.8, 4) is 0 Å². The Morgan fingerprint density at radius 2 is 1.65 bits per heavy atom. The second-order valence-electron chi connectivity index (χ2n) is 6.44. The number of rotatable bonds is 3. The Bertz CT molecular complexity index is 674. The number of likely N-dealkylation sites (tertiary alicyclic amines) is 2. The zero-order chi connectivity index (χ0) is 15.6. The van der Waals surface area contributed by atoms with Crippen molar-refractivity contribution in [2.45, 2.75) is 12.6 Å². The van der Waals surface area contributed by atoms with E-state index in [0.717, 1.165) is 31.9 Å². The van der Waals surface area contributed by atoms with Crippen LogP contribution >= 0.6 is 0 Å². The summed E-state index contributed by atoms with van der Waals surface area (Å²) in [7, 11) is 0. The van der Waals surface area contributed by atoms with Crippen LogP contribution in [0.3, 0.4) is 0 Å². The quantitative estimate of drug-likeness (QED) is 0.946. The number of carbonyl (C=O) groups is 1. The molecule has 1 N–H and O–H groups in total. The van der Waals surface area contributed by atoms with Crippen LogP contribution in [0.4, 0.5) is 10.5 Å². The van der Waals surface area contributed by atoms with E-state index < -0.39 is 0 Å². The van der Waals surface area contributed by atoms with Gasteiger partial charge in [-0.15, -0.1) is 0 Å². The maximum absolute atomic E-state index is 12.4. The molecule has 0 spiro atoms. The topological polar surface area (TPSA) is 35.6 Å². The number of fused-ring (bicyclic) bond motifs is 1. The second kappa shape index (κ2) is 6.05. The monoisotopic (exact) mass is 307 g/mol. The third kappa shape index (κ3) is 2.94. The third-order valence-corrected chi connectivity index (χ3v) is 4.89. The summed E-state index contributed by atoms with van der Waals surface area (Å²) in [5.74, 6) is 0.625. The van der Waals surface area contributed by atoms with E-state index in [9.17, 15) is 4.79 Å². The number of para-hydroxylation sites is 1. The maximum Gasteiger partial charge on any atom is 0.321 e. The Balaban J connectivity index is 1.34. The number of nitrogens with one attached hydrogen (secondary N) is 1. The van der Waals surface area contributed by atoms with E-state index in [1.165, 1.54) is 5.56 Å². The summed E-state index contributed by atoms with van der Waals surface area (Å²) in [5.41, 5.74) is 2.20. The number of amides is 2. The third-order valence-electron chi connectivity index (χ3n) is 4.89. The molecule has 2 saturated heterocycles. The molecule has 0 bridgehead atoms. The summed E-state index contributed by atoms with van der Waals surface area (Å²) in [6.07, 6.45) is 0. The zero-order valence-corrected chi connectivity index (χ0v) is 13.1. The van der Waals surface area contributed by atoms with Crippen LogP contribution in [0.1, 0.15) is 5.56 Å². The first-order valence-corrected chi connectivity index (χ1v) is 8.18. The minimum absolute atomic E-state index is 0.0188. The molecular weight excluding hydrogens is 286 g/mol. The molecule has 4 rings (SSSR count). The van der Waals surface area contributed by atoms with Crippen molar-refractivity contribution in [3.63, 3.8) is 0 Å². The molecule has 2 fully saturated rings. The van der Waals surface area contributed by atoms with Crippen LogP contribution in [-0.4, -0.2) is 41.5 Å². The predicted octanol–water partition coefficient (Wildman–Crippen LogP) is 3.03. The van der Waals surface area contributed by atoms with E-state index in [1.807, 2.05) is 41.3 Å².